The Morgan fingerprint density at radius 2 is 2.04 bits per heavy atom. The summed E-state index contributed by atoms with van der Waals surface area (Å²) in [6.07, 6.45) is 3.74. The molecular weight excluding hydrogens is 384 g/mol. The minimum absolute atomic E-state index is 0.207. The van der Waals surface area contributed by atoms with Gasteiger partial charge in [0.25, 0.3) is 5.82 Å². The fourth-order valence-corrected chi connectivity index (χ4v) is 2.66. The van der Waals surface area contributed by atoms with Crippen LogP contribution in [0.1, 0.15) is 21.7 Å². The number of aromatic carboxylic acids is 1. The van der Waals surface area contributed by atoms with E-state index < -0.39 is 5.97 Å². The number of tetrazole rings is 1. The van der Waals surface area contributed by atoms with E-state index in [0.717, 1.165) is 16.9 Å². The molecule has 1 N–H and O–H groups in total. The van der Waals surface area contributed by atoms with Crippen LogP contribution in [0.5, 0.6) is 11.5 Å². The van der Waals surface area contributed by atoms with Gasteiger partial charge in [0.05, 0.1) is 13.7 Å². The number of ether oxygens (including phenoxy) is 2. The van der Waals surface area contributed by atoms with Crippen molar-refractivity contribution in [2.75, 3.05) is 13.7 Å². The van der Waals surface area contributed by atoms with Gasteiger partial charge in [-0.15, -0.1) is 5.10 Å². The van der Waals surface area contributed by atoms with Gasteiger partial charge < -0.3 is 14.6 Å². The average Bonchev–Trinajstić information content (AvgIpc) is 3.15. The summed E-state index contributed by atoms with van der Waals surface area (Å²) in [5, 5.41) is 20.2. The summed E-state index contributed by atoms with van der Waals surface area (Å²) in [6.45, 7) is 0.620. The van der Waals surface area contributed by atoms with Crippen molar-refractivity contribution in [3.63, 3.8) is 0 Å². The summed E-state index contributed by atoms with van der Waals surface area (Å²) in [5.74, 6) is 0.0324. The molecule has 144 valence electrons. The number of benzene rings is 2. The lowest BCUT2D eigenvalue weighted by Crippen LogP contribution is -2.12. The van der Waals surface area contributed by atoms with Crippen molar-refractivity contribution in [2.45, 2.75) is 6.54 Å². The van der Waals surface area contributed by atoms with Gasteiger partial charge >= 0.3 is 5.97 Å². The second-order valence-electron chi connectivity index (χ2n) is 5.71. The Kier molecular flexibility index (Phi) is 6.23. The van der Waals surface area contributed by atoms with Crippen LogP contribution < -0.4 is 9.47 Å². The number of hydrogen-bond donors (Lipinski definition) is 1. The lowest BCUT2D eigenvalue weighted by molar-refractivity contribution is 0.0677. The quantitative estimate of drug-likeness (QED) is 0.619. The third-order valence-corrected chi connectivity index (χ3v) is 4.05. The molecule has 0 aliphatic heterocycles. The standard InChI is InChI=1S/C19H17ClN4O4/c1-27-17-9-6-15(20)11-14(17)3-2-10-28-16-7-4-13(5-8-16)12-24-18(19(25)26)21-22-23-24/h2-9,11H,10,12H2,1H3,(H,25,26)/b3-2+. The van der Waals surface area contributed by atoms with Crippen molar-refractivity contribution in [2.24, 2.45) is 0 Å². The van der Waals surface area contributed by atoms with Crippen LogP contribution in [-0.2, 0) is 6.54 Å². The van der Waals surface area contributed by atoms with Gasteiger partial charge in [-0.2, -0.15) is 0 Å². The van der Waals surface area contributed by atoms with E-state index >= 15 is 0 Å². The number of rotatable bonds is 8. The number of nitrogens with zero attached hydrogens (tertiary/aromatic N) is 4. The molecule has 1 heterocycles. The molecule has 0 radical (unpaired) electrons. The van der Waals surface area contributed by atoms with E-state index in [4.69, 9.17) is 26.2 Å². The van der Waals surface area contributed by atoms with Crippen LogP contribution in [0.4, 0.5) is 0 Å². The van der Waals surface area contributed by atoms with Gasteiger partial charge in [0.1, 0.15) is 18.1 Å². The Balaban J connectivity index is 1.57. The van der Waals surface area contributed by atoms with Crippen LogP contribution in [-0.4, -0.2) is 45.0 Å². The van der Waals surface area contributed by atoms with E-state index in [2.05, 4.69) is 15.5 Å². The minimum Gasteiger partial charge on any atom is -0.496 e. The molecule has 9 heteroatoms. The number of carboxylic acids is 1. The van der Waals surface area contributed by atoms with Crippen molar-refractivity contribution in [3.8, 4) is 11.5 Å². The van der Waals surface area contributed by atoms with E-state index in [-0.39, 0.29) is 12.4 Å². The van der Waals surface area contributed by atoms with Crippen molar-refractivity contribution in [3.05, 3.63) is 70.5 Å². The molecule has 28 heavy (non-hydrogen) atoms. The summed E-state index contributed by atoms with van der Waals surface area (Å²) < 4.78 is 12.2. The number of carboxylic acid groups (broad SMARTS) is 1. The van der Waals surface area contributed by atoms with Crippen molar-refractivity contribution in [1.29, 1.82) is 0 Å². The second kappa shape index (κ2) is 9.01. The molecule has 0 saturated carbocycles. The molecule has 8 nitrogen and oxygen atoms in total. The molecule has 0 spiro atoms. The first-order valence-corrected chi connectivity index (χ1v) is 8.66. The van der Waals surface area contributed by atoms with Crippen molar-refractivity contribution >= 4 is 23.6 Å². The Labute approximate surface area is 166 Å². The van der Waals surface area contributed by atoms with Crippen LogP contribution >= 0.6 is 11.6 Å². The fourth-order valence-electron chi connectivity index (χ4n) is 2.48. The molecule has 1 aromatic heterocycles. The first-order chi connectivity index (χ1) is 13.6. The Morgan fingerprint density at radius 3 is 2.75 bits per heavy atom. The van der Waals surface area contributed by atoms with Gasteiger partial charge in [0.15, 0.2) is 0 Å². The highest BCUT2D eigenvalue weighted by molar-refractivity contribution is 6.30. The van der Waals surface area contributed by atoms with Gasteiger partial charge in [0, 0.05) is 10.6 Å². The smallest absolute Gasteiger partial charge is 0.375 e. The maximum absolute atomic E-state index is 11.0. The molecule has 0 saturated heterocycles. The van der Waals surface area contributed by atoms with Crippen LogP contribution in [0.3, 0.4) is 0 Å². The SMILES string of the molecule is COc1ccc(Cl)cc1/C=C/COc1ccc(Cn2nnnc2C(=O)O)cc1. The summed E-state index contributed by atoms with van der Waals surface area (Å²) in [5.41, 5.74) is 1.71. The molecule has 0 bridgehead atoms. The van der Waals surface area contributed by atoms with Crippen molar-refractivity contribution < 1.29 is 19.4 Å². The molecule has 2 aromatic carbocycles. The molecule has 3 aromatic rings. The highest BCUT2D eigenvalue weighted by atomic mass is 35.5. The van der Waals surface area contributed by atoms with Gasteiger partial charge in [-0.25, -0.2) is 9.48 Å². The zero-order valence-electron chi connectivity index (χ0n) is 14.9. The van der Waals surface area contributed by atoms with E-state index in [1.165, 1.54) is 4.68 Å². The zero-order chi connectivity index (χ0) is 19.9. The summed E-state index contributed by atoms with van der Waals surface area (Å²) in [7, 11) is 1.60. The van der Waals surface area contributed by atoms with E-state index in [0.29, 0.717) is 17.4 Å². The molecule has 0 amide bonds. The Hall–Kier alpha value is -3.39. The maximum Gasteiger partial charge on any atom is 0.375 e. The van der Waals surface area contributed by atoms with E-state index in [1.54, 1.807) is 25.3 Å². The molecule has 0 aliphatic rings. The van der Waals surface area contributed by atoms with Gasteiger partial charge in [0.2, 0.25) is 0 Å². The van der Waals surface area contributed by atoms with Crippen molar-refractivity contribution in [1.82, 2.24) is 20.2 Å². The van der Waals surface area contributed by atoms with Crippen LogP contribution in [0.25, 0.3) is 6.08 Å². The average molecular weight is 401 g/mol. The Bertz CT molecular complexity index is 986. The number of hydrogen-bond acceptors (Lipinski definition) is 6. The van der Waals surface area contributed by atoms with Crippen LogP contribution in [0, 0.1) is 0 Å². The zero-order valence-corrected chi connectivity index (χ0v) is 15.7. The number of methoxy groups -OCH3 is 1. The molecule has 0 atom stereocenters. The fraction of sp³-hybridized carbons (Fsp3) is 0.158. The van der Waals surface area contributed by atoms with Gasteiger partial charge in [-0.3, -0.25) is 0 Å². The van der Waals surface area contributed by atoms with E-state index in [1.807, 2.05) is 36.4 Å². The first kappa shape index (κ1) is 19.4. The molecular formula is C19H17ClN4O4. The third-order valence-electron chi connectivity index (χ3n) is 3.81. The van der Waals surface area contributed by atoms with Gasteiger partial charge in [-0.1, -0.05) is 29.8 Å². The summed E-state index contributed by atoms with van der Waals surface area (Å²) in [4.78, 5) is 11.0. The second-order valence-corrected chi connectivity index (χ2v) is 6.15. The molecule has 0 fully saturated rings. The minimum atomic E-state index is -1.17. The monoisotopic (exact) mass is 400 g/mol. The summed E-state index contributed by atoms with van der Waals surface area (Å²) >= 11 is 6.01. The lowest BCUT2D eigenvalue weighted by Gasteiger charge is -2.07. The number of carbonyl (C=O) groups is 1. The maximum atomic E-state index is 11.0. The number of aromatic nitrogens is 4. The summed E-state index contributed by atoms with van der Waals surface area (Å²) in [6, 6.07) is 12.6. The highest BCUT2D eigenvalue weighted by Crippen LogP contribution is 2.23. The van der Waals surface area contributed by atoms with Crippen LogP contribution in [0.15, 0.2) is 48.5 Å². The lowest BCUT2D eigenvalue weighted by atomic mass is 10.2. The highest BCUT2D eigenvalue weighted by Gasteiger charge is 2.13. The largest absolute Gasteiger partial charge is 0.496 e. The first-order valence-electron chi connectivity index (χ1n) is 8.28. The molecule has 3 rings (SSSR count). The molecule has 0 aliphatic carbocycles. The third kappa shape index (κ3) is 4.86. The Morgan fingerprint density at radius 1 is 1.25 bits per heavy atom. The number of halogens is 1. The molecule has 0 unspecified atom stereocenters. The predicted molar refractivity (Wildman–Crippen MR) is 103 cm³/mol. The van der Waals surface area contributed by atoms with E-state index in [9.17, 15) is 4.79 Å². The normalized spacial score (nSPS) is 10.9. The topological polar surface area (TPSA) is 99.4 Å². The van der Waals surface area contributed by atoms with Crippen LogP contribution in [0.2, 0.25) is 5.02 Å². The van der Waals surface area contributed by atoms with Gasteiger partial charge in [-0.05, 0) is 52.4 Å². The predicted octanol–water partition coefficient (Wildman–Crippen LogP) is 3.17.